The van der Waals surface area contributed by atoms with Crippen molar-refractivity contribution in [3.63, 3.8) is 0 Å². The number of nitrogens with zero attached hydrogens (tertiary/aromatic N) is 3. The molecule has 0 saturated heterocycles. The van der Waals surface area contributed by atoms with Crippen LogP contribution in [0.3, 0.4) is 0 Å². The largest absolute Gasteiger partial charge is 0.387 e. The first-order valence-corrected chi connectivity index (χ1v) is 8.77. The van der Waals surface area contributed by atoms with Crippen LogP contribution in [0.25, 0.3) is 0 Å². The summed E-state index contributed by atoms with van der Waals surface area (Å²) in [5, 5.41) is 3.08. The smallest absolute Gasteiger partial charge is 0.255 e. The summed E-state index contributed by atoms with van der Waals surface area (Å²) in [6.07, 6.45) is 1.09. The zero-order chi connectivity index (χ0) is 18.8. The first kappa shape index (κ1) is 18.0. The second-order valence-electron chi connectivity index (χ2n) is 6.80. The second-order valence-corrected chi connectivity index (χ2v) is 6.80. The number of nitrogens with one attached hydrogen (secondary N) is 2. The number of hydrogen-bond acceptors (Lipinski definition) is 5. The lowest BCUT2D eigenvalue weighted by atomic mass is 10.1. The molecular formula is C19H25N5O2. The van der Waals surface area contributed by atoms with Crippen LogP contribution in [-0.4, -0.2) is 55.0 Å². The number of rotatable bonds is 3. The number of aryl methyl sites for hydroxylation is 1. The minimum absolute atomic E-state index is 0.0184. The number of carbonyl (C=O) groups excluding carboxylic acids is 1. The number of amides is 1. The number of hydrogen-bond donors (Lipinski definition) is 2. The van der Waals surface area contributed by atoms with Gasteiger partial charge in [-0.25, -0.2) is 4.98 Å². The Balaban J connectivity index is 1.88. The number of carbonyl (C=O) groups is 1. The van der Waals surface area contributed by atoms with E-state index in [-0.39, 0.29) is 11.5 Å². The van der Waals surface area contributed by atoms with Gasteiger partial charge in [-0.2, -0.15) is 0 Å². The summed E-state index contributed by atoms with van der Waals surface area (Å²) in [6.45, 7) is 3.03. The average molecular weight is 355 g/mol. The number of aromatic amines is 1. The number of benzene rings is 1. The van der Waals surface area contributed by atoms with E-state index >= 15 is 0 Å². The van der Waals surface area contributed by atoms with E-state index in [1.54, 1.807) is 4.90 Å². The quantitative estimate of drug-likeness (QED) is 0.870. The maximum absolute atomic E-state index is 13.1. The van der Waals surface area contributed by atoms with Gasteiger partial charge in [0.25, 0.3) is 11.5 Å². The van der Waals surface area contributed by atoms with E-state index < -0.39 is 0 Å². The molecule has 1 aromatic carbocycles. The molecule has 2 heterocycles. The van der Waals surface area contributed by atoms with Gasteiger partial charge in [-0.3, -0.25) is 14.6 Å². The maximum Gasteiger partial charge on any atom is 0.255 e. The van der Waals surface area contributed by atoms with Gasteiger partial charge in [0.15, 0.2) is 0 Å². The first-order chi connectivity index (χ1) is 12.4. The Morgan fingerprint density at radius 2 is 2.00 bits per heavy atom. The molecule has 7 nitrogen and oxygen atoms in total. The number of anilines is 2. The van der Waals surface area contributed by atoms with Crippen LogP contribution < -0.4 is 15.8 Å². The van der Waals surface area contributed by atoms with E-state index in [0.717, 1.165) is 16.9 Å². The molecule has 0 bridgehead atoms. The monoisotopic (exact) mass is 355 g/mol. The molecule has 2 aromatic rings. The highest BCUT2D eigenvalue weighted by molar-refractivity contribution is 5.99. The van der Waals surface area contributed by atoms with Crippen molar-refractivity contribution in [1.29, 1.82) is 0 Å². The van der Waals surface area contributed by atoms with Crippen LogP contribution in [0.5, 0.6) is 0 Å². The van der Waals surface area contributed by atoms with Crippen LogP contribution in [-0.2, 0) is 12.8 Å². The van der Waals surface area contributed by atoms with Gasteiger partial charge in [0.2, 0.25) is 5.95 Å². The van der Waals surface area contributed by atoms with Crippen LogP contribution in [0.15, 0.2) is 23.0 Å². The second kappa shape index (κ2) is 7.19. The third-order valence-corrected chi connectivity index (χ3v) is 4.72. The molecule has 0 saturated carbocycles. The third-order valence-electron chi connectivity index (χ3n) is 4.72. The lowest BCUT2D eigenvalue weighted by molar-refractivity contribution is 0.0763. The van der Waals surface area contributed by atoms with Crippen LogP contribution in [0.2, 0.25) is 0 Å². The standard InChI is InChI=1S/C19H25N5O2/c1-12-5-6-15(20-2)14(11-12)18(26)24-9-7-13-16(8-10-24)21-19(23(3)4)22-17(13)25/h5-6,11,20H,7-10H2,1-4H3,(H,21,22,25). The molecule has 1 aliphatic heterocycles. The van der Waals surface area contributed by atoms with Crippen molar-refractivity contribution < 1.29 is 4.79 Å². The fourth-order valence-electron chi connectivity index (χ4n) is 3.23. The molecule has 0 fully saturated rings. The normalized spacial score (nSPS) is 13.8. The molecule has 7 heteroatoms. The summed E-state index contributed by atoms with van der Waals surface area (Å²) in [7, 11) is 5.49. The molecule has 1 aliphatic rings. The fraction of sp³-hybridized carbons (Fsp3) is 0.421. The van der Waals surface area contributed by atoms with E-state index in [0.29, 0.717) is 43.0 Å². The van der Waals surface area contributed by atoms with Gasteiger partial charge in [-0.05, 0) is 25.5 Å². The molecular weight excluding hydrogens is 330 g/mol. The van der Waals surface area contributed by atoms with E-state index in [1.807, 2.05) is 51.2 Å². The average Bonchev–Trinajstić information content (AvgIpc) is 2.84. The van der Waals surface area contributed by atoms with Gasteiger partial charge in [0.1, 0.15) is 0 Å². The molecule has 0 aliphatic carbocycles. The van der Waals surface area contributed by atoms with Gasteiger partial charge >= 0.3 is 0 Å². The van der Waals surface area contributed by atoms with Crippen molar-refractivity contribution in [2.75, 3.05) is 44.4 Å². The van der Waals surface area contributed by atoms with Crippen molar-refractivity contribution in [1.82, 2.24) is 14.9 Å². The van der Waals surface area contributed by atoms with Gasteiger partial charge in [-0.15, -0.1) is 0 Å². The summed E-state index contributed by atoms with van der Waals surface area (Å²) in [6, 6.07) is 5.80. The Kier molecular flexibility index (Phi) is 4.97. The minimum Gasteiger partial charge on any atom is -0.387 e. The topological polar surface area (TPSA) is 81.3 Å². The fourth-order valence-corrected chi connectivity index (χ4v) is 3.23. The molecule has 3 rings (SSSR count). The Morgan fingerprint density at radius 1 is 1.27 bits per heavy atom. The van der Waals surface area contributed by atoms with Crippen molar-refractivity contribution >= 4 is 17.5 Å². The minimum atomic E-state index is -0.112. The molecule has 0 unspecified atom stereocenters. The summed E-state index contributed by atoms with van der Waals surface area (Å²) < 4.78 is 0. The Labute approximate surface area is 153 Å². The van der Waals surface area contributed by atoms with E-state index in [9.17, 15) is 9.59 Å². The van der Waals surface area contributed by atoms with Gasteiger partial charge in [-0.1, -0.05) is 11.6 Å². The molecule has 0 spiro atoms. The molecule has 1 aromatic heterocycles. The lowest BCUT2D eigenvalue weighted by Crippen LogP contribution is -2.34. The van der Waals surface area contributed by atoms with Gasteiger partial charge in [0, 0.05) is 51.9 Å². The summed E-state index contributed by atoms with van der Waals surface area (Å²) in [4.78, 5) is 36.4. The van der Waals surface area contributed by atoms with Gasteiger partial charge < -0.3 is 15.1 Å². The van der Waals surface area contributed by atoms with E-state index in [1.165, 1.54) is 0 Å². The van der Waals surface area contributed by atoms with Crippen LogP contribution in [0.4, 0.5) is 11.6 Å². The molecule has 0 radical (unpaired) electrons. The zero-order valence-electron chi connectivity index (χ0n) is 15.7. The molecule has 1 amide bonds. The highest BCUT2D eigenvalue weighted by Crippen LogP contribution is 2.21. The zero-order valence-corrected chi connectivity index (χ0v) is 15.7. The van der Waals surface area contributed by atoms with E-state index in [2.05, 4.69) is 15.3 Å². The van der Waals surface area contributed by atoms with Crippen molar-refractivity contribution in [2.45, 2.75) is 19.8 Å². The summed E-state index contributed by atoms with van der Waals surface area (Å²) in [5.74, 6) is 0.528. The Bertz CT molecular complexity index is 888. The van der Waals surface area contributed by atoms with Crippen LogP contribution in [0.1, 0.15) is 27.2 Å². The molecule has 2 N–H and O–H groups in total. The van der Waals surface area contributed by atoms with Crippen molar-refractivity contribution in [3.05, 3.63) is 50.9 Å². The van der Waals surface area contributed by atoms with Crippen molar-refractivity contribution in [2.24, 2.45) is 0 Å². The van der Waals surface area contributed by atoms with Crippen LogP contribution >= 0.6 is 0 Å². The maximum atomic E-state index is 13.1. The Hall–Kier alpha value is -2.83. The highest BCUT2D eigenvalue weighted by Gasteiger charge is 2.24. The predicted molar refractivity (Wildman–Crippen MR) is 103 cm³/mol. The SMILES string of the molecule is CNc1ccc(C)cc1C(=O)N1CCc2nc(N(C)C)[nH]c(=O)c2CC1. The van der Waals surface area contributed by atoms with Crippen molar-refractivity contribution in [3.8, 4) is 0 Å². The van der Waals surface area contributed by atoms with Gasteiger partial charge in [0.05, 0.1) is 11.3 Å². The van der Waals surface area contributed by atoms with E-state index in [4.69, 9.17) is 0 Å². The summed E-state index contributed by atoms with van der Waals surface area (Å²) in [5.41, 5.74) is 3.87. The summed E-state index contributed by atoms with van der Waals surface area (Å²) >= 11 is 0. The number of aromatic nitrogens is 2. The Morgan fingerprint density at radius 3 is 2.69 bits per heavy atom. The van der Waals surface area contributed by atoms with Crippen LogP contribution in [0, 0.1) is 6.92 Å². The molecule has 0 atom stereocenters. The first-order valence-electron chi connectivity index (χ1n) is 8.77. The third kappa shape index (κ3) is 3.42. The lowest BCUT2D eigenvalue weighted by Gasteiger charge is -2.22. The highest BCUT2D eigenvalue weighted by atomic mass is 16.2. The number of fused-ring (bicyclic) bond motifs is 1. The molecule has 138 valence electrons. The number of H-pyrrole nitrogens is 1. The predicted octanol–water partition coefficient (Wildman–Crippen LogP) is 1.43. The molecule has 26 heavy (non-hydrogen) atoms.